The highest BCUT2D eigenvalue weighted by Gasteiger charge is 2.31. The van der Waals surface area contributed by atoms with Crippen LogP contribution in [0.3, 0.4) is 0 Å². The van der Waals surface area contributed by atoms with Crippen LogP contribution in [0.25, 0.3) is 0 Å². The maximum Gasteiger partial charge on any atom is 0.251 e. The van der Waals surface area contributed by atoms with Crippen LogP contribution in [0.1, 0.15) is 6.92 Å². The first-order valence-electron chi connectivity index (χ1n) is 3.64. The van der Waals surface area contributed by atoms with Crippen LogP contribution in [0.4, 0.5) is 0 Å². The molecule has 4 heteroatoms. The molecule has 1 atom stereocenters. The minimum atomic E-state index is -0.882. The van der Waals surface area contributed by atoms with Gasteiger partial charge in [0.05, 0.1) is 6.10 Å². The normalized spacial score (nSPS) is 21.2. The molecular weight excluding hydrogens is 146 g/mol. The number of amides is 1. The van der Waals surface area contributed by atoms with Crippen LogP contribution in [-0.4, -0.2) is 48.3 Å². The van der Waals surface area contributed by atoms with Crippen molar-refractivity contribution in [3.05, 3.63) is 0 Å². The first kappa shape index (κ1) is 8.49. The van der Waals surface area contributed by atoms with Crippen molar-refractivity contribution in [2.24, 2.45) is 0 Å². The van der Waals surface area contributed by atoms with Crippen molar-refractivity contribution in [3.8, 4) is 0 Å². The highest BCUT2D eigenvalue weighted by atomic mass is 16.5. The third kappa shape index (κ3) is 1.70. The molecule has 1 saturated heterocycles. The molecule has 0 unspecified atom stereocenters. The number of aliphatic hydroxyl groups is 1. The molecule has 4 nitrogen and oxygen atoms in total. The minimum absolute atomic E-state index is 0.165. The number of hydrogen-bond donors (Lipinski definition) is 1. The highest BCUT2D eigenvalue weighted by Crippen LogP contribution is 2.11. The molecule has 1 aliphatic heterocycles. The zero-order valence-electron chi connectivity index (χ0n) is 6.78. The number of hydrogen-bond acceptors (Lipinski definition) is 3. The highest BCUT2D eigenvalue weighted by molar-refractivity contribution is 5.81. The van der Waals surface area contributed by atoms with E-state index in [1.54, 1.807) is 12.0 Å². The molecule has 0 bridgehead atoms. The molecule has 64 valence electrons. The Bertz CT molecular complexity index is 152. The Kier molecular flexibility index (Phi) is 2.46. The number of methoxy groups -OCH3 is 1. The number of aliphatic hydroxyl groups excluding tert-OH is 1. The zero-order chi connectivity index (χ0) is 8.43. The Balaban J connectivity index is 2.27. The molecule has 0 aliphatic carbocycles. The number of carbonyl (C=O) groups excluding carboxylic acids is 1. The number of rotatable bonds is 2. The van der Waals surface area contributed by atoms with Crippen LogP contribution in [0, 0.1) is 0 Å². The molecule has 0 spiro atoms. The van der Waals surface area contributed by atoms with Gasteiger partial charge in [0.15, 0.2) is 0 Å². The Labute approximate surface area is 65.8 Å². The Morgan fingerprint density at radius 1 is 1.73 bits per heavy atom. The summed E-state index contributed by atoms with van der Waals surface area (Å²) in [6.45, 7) is 2.70. The van der Waals surface area contributed by atoms with E-state index in [9.17, 15) is 4.79 Å². The van der Waals surface area contributed by atoms with E-state index in [4.69, 9.17) is 9.84 Å². The summed E-state index contributed by atoms with van der Waals surface area (Å²) in [5.74, 6) is -0.210. The summed E-state index contributed by atoms with van der Waals surface area (Å²) in [5, 5.41) is 8.88. The summed E-state index contributed by atoms with van der Waals surface area (Å²) in [5.41, 5.74) is 0. The summed E-state index contributed by atoms with van der Waals surface area (Å²) in [7, 11) is 1.62. The lowest BCUT2D eigenvalue weighted by molar-refractivity contribution is -0.151. The Hall–Kier alpha value is -0.610. The van der Waals surface area contributed by atoms with Crippen LogP contribution in [-0.2, 0) is 9.53 Å². The van der Waals surface area contributed by atoms with Crippen molar-refractivity contribution in [1.29, 1.82) is 0 Å². The minimum Gasteiger partial charge on any atom is -0.384 e. The fraction of sp³-hybridized carbons (Fsp3) is 0.857. The van der Waals surface area contributed by atoms with Gasteiger partial charge in [-0.25, -0.2) is 0 Å². The fourth-order valence-electron chi connectivity index (χ4n) is 1.03. The number of nitrogens with zero attached hydrogens (tertiary/aromatic N) is 1. The molecule has 11 heavy (non-hydrogen) atoms. The Morgan fingerprint density at radius 3 is 2.64 bits per heavy atom. The van der Waals surface area contributed by atoms with Crippen LogP contribution in [0.5, 0.6) is 0 Å². The molecule has 1 fully saturated rings. The van der Waals surface area contributed by atoms with E-state index in [1.807, 2.05) is 0 Å². The SMILES string of the molecule is COC1CN(C(=O)[C@H](C)O)C1. The van der Waals surface area contributed by atoms with Gasteiger partial charge in [0.2, 0.25) is 0 Å². The second-order valence-corrected chi connectivity index (χ2v) is 2.78. The van der Waals surface area contributed by atoms with E-state index in [0.717, 1.165) is 0 Å². The lowest BCUT2D eigenvalue weighted by Crippen LogP contribution is -2.56. The van der Waals surface area contributed by atoms with Crippen molar-refractivity contribution in [2.75, 3.05) is 20.2 Å². The Morgan fingerprint density at radius 2 is 2.27 bits per heavy atom. The molecule has 1 rings (SSSR count). The smallest absolute Gasteiger partial charge is 0.251 e. The van der Waals surface area contributed by atoms with E-state index in [2.05, 4.69) is 0 Å². The molecule has 0 aromatic rings. The standard InChI is InChI=1S/C7H13NO3/c1-5(9)7(10)8-3-6(4-8)11-2/h5-6,9H,3-4H2,1-2H3/t5-/m0/s1. The largest absolute Gasteiger partial charge is 0.384 e. The molecule has 1 heterocycles. The maximum atomic E-state index is 11.0. The molecule has 1 N–H and O–H groups in total. The first-order valence-corrected chi connectivity index (χ1v) is 3.64. The van der Waals surface area contributed by atoms with Gasteiger partial charge in [0, 0.05) is 20.2 Å². The van der Waals surface area contributed by atoms with Crippen molar-refractivity contribution < 1.29 is 14.6 Å². The van der Waals surface area contributed by atoms with Gasteiger partial charge in [0.25, 0.3) is 5.91 Å². The van der Waals surface area contributed by atoms with Gasteiger partial charge in [-0.05, 0) is 6.92 Å². The predicted octanol–water partition coefficient (Wildman–Crippen LogP) is -0.776. The second-order valence-electron chi connectivity index (χ2n) is 2.78. The van der Waals surface area contributed by atoms with Crippen molar-refractivity contribution >= 4 is 5.91 Å². The maximum absolute atomic E-state index is 11.0. The van der Waals surface area contributed by atoms with Crippen molar-refractivity contribution in [1.82, 2.24) is 4.90 Å². The molecule has 1 amide bonds. The third-order valence-corrected chi connectivity index (χ3v) is 1.85. The molecule has 0 saturated carbocycles. The predicted molar refractivity (Wildman–Crippen MR) is 39.1 cm³/mol. The van der Waals surface area contributed by atoms with E-state index < -0.39 is 6.10 Å². The summed E-state index contributed by atoms with van der Waals surface area (Å²) in [4.78, 5) is 12.6. The zero-order valence-corrected chi connectivity index (χ0v) is 6.78. The van der Waals surface area contributed by atoms with E-state index in [-0.39, 0.29) is 12.0 Å². The van der Waals surface area contributed by atoms with Gasteiger partial charge >= 0.3 is 0 Å². The van der Waals surface area contributed by atoms with Crippen molar-refractivity contribution in [3.63, 3.8) is 0 Å². The average molecular weight is 159 g/mol. The number of carbonyl (C=O) groups is 1. The van der Waals surface area contributed by atoms with Gasteiger partial charge in [-0.3, -0.25) is 4.79 Å². The van der Waals surface area contributed by atoms with Gasteiger partial charge < -0.3 is 14.7 Å². The van der Waals surface area contributed by atoms with Crippen LogP contribution >= 0.6 is 0 Å². The monoisotopic (exact) mass is 159 g/mol. The molecular formula is C7H13NO3. The molecule has 1 aliphatic rings. The van der Waals surface area contributed by atoms with E-state index in [1.165, 1.54) is 6.92 Å². The van der Waals surface area contributed by atoms with Gasteiger partial charge in [-0.2, -0.15) is 0 Å². The van der Waals surface area contributed by atoms with Gasteiger partial charge in [-0.1, -0.05) is 0 Å². The lowest BCUT2D eigenvalue weighted by atomic mass is 10.1. The summed E-state index contributed by atoms with van der Waals surface area (Å²) >= 11 is 0. The molecule has 0 aromatic heterocycles. The van der Waals surface area contributed by atoms with Gasteiger partial charge in [-0.15, -0.1) is 0 Å². The topological polar surface area (TPSA) is 49.8 Å². The summed E-state index contributed by atoms with van der Waals surface area (Å²) in [6.07, 6.45) is -0.717. The van der Waals surface area contributed by atoms with Gasteiger partial charge in [0.1, 0.15) is 6.10 Å². The third-order valence-electron chi connectivity index (χ3n) is 1.85. The van der Waals surface area contributed by atoms with Crippen LogP contribution in [0.2, 0.25) is 0 Å². The second kappa shape index (κ2) is 3.19. The van der Waals surface area contributed by atoms with Crippen LogP contribution < -0.4 is 0 Å². The van der Waals surface area contributed by atoms with Crippen LogP contribution in [0.15, 0.2) is 0 Å². The van der Waals surface area contributed by atoms with E-state index in [0.29, 0.717) is 13.1 Å². The van der Waals surface area contributed by atoms with E-state index >= 15 is 0 Å². The lowest BCUT2D eigenvalue weighted by Gasteiger charge is -2.38. The molecule has 0 aromatic carbocycles. The summed E-state index contributed by atoms with van der Waals surface area (Å²) in [6, 6.07) is 0. The number of ether oxygens (including phenoxy) is 1. The quantitative estimate of drug-likeness (QED) is 0.575. The fourth-order valence-corrected chi connectivity index (χ4v) is 1.03. The van der Waals surface area contributed by atoms with Crippen molar-refractivity contribution in [2.45, 2.75) is 19.1 Å². The summed E-state index contributed by atoms with van der Waals surface area (Å²) < 4.78 is 4.97. The average Bonchev–Trinajstić information content (AvgIpc) is 1.85. The first-order chi connectivity index (χ1) is 5.15. The number of likely N-dealkylation sites (tertiary alicyclic amines) is 1. The molecule has 0 radical (unpaired) electrons.